The lowest BCUT2D eigenvalue weighted by atomic mass is 9.86. The van der Waals surface area contributed by atoms with Gasteiger partial charge in [0.05, 0.1) is 11.7 Å². The topological polar surface area (TPSA) is 52.5 Å². The fourth-order valence-electron chi connectivity index (χ4n) is 1.45. The summed E-state index contributed by atoms with van der Waals surface area (Å²) in [6, 6.07) is 3.05. The van der Waals surface area contributed by atoms with Gasteiger partial charge in [-0.2, -0.15) is 0 Å². The van der Waals surface area contributed by atoms with Crippen LogP contribution in [0.3, 0.4) is 0 Å². The number of aliphatic hydroxyl groups excluding tert-OH is 1. The van der Waals surface area contributed by atoms with Gasteiger partial charge in [-0.3, -0.25) is 0 Å². The minimum atomic E-state index is -1.11. The van der Waals surface area contributed by atoms with E-state index in [4.69, 9.17) is 0 Å². The maximum Gasteiger partial charge on any atom is 0.131 e. The third-order valence-corrected chi connectivity index (χ3v) is 3.59. The molecule has 1 unspecified atom stereocenters. The molecule has 19 heavy (non-hydrogen) atoms. The molecule has 0 amide bonds. The first kappa shape index (κ1) is 16.0. The fourth-order valence-corrected chi connectivity index (χ4v) is 1.45. The fraction of sp³-hybridized carbons (Fsp3) is 0.571. The number of benzene rings is 1. The second kappa shape index (κ2) is 5.53. The van der Waals surface area contributed by atoms with Crippen LogP contribution in [0.5, 0.6) is 0 Å². The summed E-state index contributed by atoms with van der Waals surface area (Å²) in [5, 5.41) is 22.8. The molecule has 3 N–H and O–H groups in total. The first-order valence-corrected chi connectivity index (χ1v) is 6.15. The van der Waals surface area contributed by atoms with Crippen molar-refractivity contribution in [3.05, 3.63) is 35.4 Å². The van der Waals surface area contributed by atoms with E-state index in [1.165, 1.54) is 6.07 Å². The molecule has 0 fully saturated rings. The predicted molar refractivity (Wildman–Crippen MR) is 69.7 cm³/mol. The molecule has 0 aliphatic carbocycles. The number of β-amino-alcohol motifs (C(OH)–C–C–N with tert-alkyl or cyclic N) is 1. The van der Waals surface area contributed by atoms with Gasteiger partial charge >= 0.3 is 0 Å². The van der Waals surface area contributed by atoms with Gasteiger partial charge in [0.25, 0.3) is 0 Å². The molecule has 1 aromatic rings. The minimum absolute atomic E-state index is 0.0282. The van der Waals surface area contributed by atoms with E-state index in [9.17, 15) is 19.0 Å². The Morgan fingerprint density at radius 1 is 1.21 bits per heavy atom. The van der Waals surface area contributed by atoms with Gasteiger partial charge in [-0.05, 0) is 33.8 Å². The number of aliphatic hydroxyl groups is 2. The molecule has 1 atom stereocenters. The summed E-state index contributed by atoms with van der Waals surface area (Å²) >= 11 is 0. The molecule has 0 aliphatic heterocycles. The lowest BCUT2D eigenvalue weighted by Gasteiger charge is -2.38. The first-order valence-electron chi connectivity index (χ1n) is 6.15. The maximum absolute atomic E-state index is 13.5. The van der Waals surface area contributed by atoms with Gasteiger partial charge in [-0.15, -0.1) is 0 Å². The molecule has 108 valence electrons. The molecule has 0 spiro atoms. The Labute approximate surface area is 112 Å². The van der Waals surface area contributed by atoms with Crippen LogP contribution in [0.1, 0.15) is 39.4 Å². The van der Waals surface area contributed by atoms with Crippen molar-refractivity contribution in [2.75, 3.05) is 6.54 Å². The summed E-state index contributed by atoms with van der Waals surface area (Å²) < 4.78 is 26.2. The highest BCUT2D eigenvalue weighted by Gasteiger charge is 2.35. The van der Waals surface area contributed by atoms with Crippen molar-refractivity contribution in [1.82, 2.24) is 5.32 Å². The largest absolute Gasteiger partial charge is 0.389 e. The molecular weight excluding hydrogens is 252 g/mol. The lowest BCUT2D eigenvalue weighted by molar-refractivity contribution is -0.00992. The van der Waals surface area contributed by atoms with Gasteiger partial charge in [-0.25, -0.2) is 8.78 Å². The lowest BCUT2D eigenvalue weighted by Crippen LogP contribution is -2.56. The molecule has 5 heteroatoms. The van der Waals surface area contributed by atoms with Crippen LogP contribution in [0.15, 0.2) is 18.2 Å². The number of rotatable bonds is 5. The highest BCUT2D eigenvalue weighted by Crippen LogP contribution is 2.23. The SMILES string of the molecule is CC(C)(O)C(C)(C)NCC(O)c1ccc(F)cc1F. The van der Waals surface area contributed by atoms with Crippen molar-refractivity contribution in [1.29, 1.82) is 0 Å². The average molecular weight is 273 g/mol. The van der Waals surface area contributed by atoms with Gasteiger partial charge in [0.15, 0.2) is 0 Å². The van der Waals surface area contributed by atoms with E-state index in [1.807, 2.05) is 0 Å². The van der Waals surface area contributed by atoms with Crippen LogP contribution in [0, 0.1) is 11.6 Å². The Bertz CT molecular complexity index is 442. The molecule has 0 bridgehead atoms. The van der Waals surface area contributed by atoms with E-state index in [1.54, 1.807) is 27.7 Å². The summed E-state index contributed by atoms with van der Waals surface area (Å²) in [6.07, 6.45) is -1.11. The van der Waals surface area contributed by atoms with Crippen LogP contribution in [0.25, 0.3) is 0 Å². The molecule has 1 rings (SSSR count). The van der Waals surface area contributed by atoms with E-state index in [0.29, 0.717) is 0 Å². The van der Waals surface area contributed by atoms with Crippen LogP contribution in [-0.4, -0.2) is 27.9 Å². The van der Waals surface area contributed by atoms with Gasteiger partial charge in [-0.1, -0.05) is 6.07 Å². The van der Waals surface area contributed by atoms with Crippen LogP contribution in [0.4, 0.5) is 8.78 Å². The summed E-state index contributed by atoms with van der Waals surface area (Å²) in [4.78, 5) is 0. The van der Waals surface area contributed by atoms with Crippen molar-refractivity contribution in [2.45, 2.75) is 44.9 Å². The van der Waals surface area contributed by atoms with Crippen molar-refractivity contribution in [2.24, 2.45) is 0 Å². The second-order valence-corrected chi connectivity index (χ2v) is 5.75. The molecule has 0 aromatic heterocycles. The van der Waals surface area contributed by atoms with Gasteiger partial charge in [0.2, 0.25) is 0 Å². The average Bonchev–Trinajstić information content (AvgIpc) is 2.24. The van der Waals surface area contributed by atoms with E-state index in [-0.39, 0.29) is 12.1 Å². The molecule has 0 saturated heterocycles. The molecule has 0 aliphatic rings. The molecule has 1 aromatic carbocycles. The number of nitrogens with one attached hydrogen (secondary N) is 1. The number of halogens is 2. The molecule has 0 heterocycles. The van der Waals surface area contributed by atoms with Crippen molar-refractivity contribution in [3.63, 3.8) is 0 Å². The Morgan fingerprint density at radius 2 is 1.79 bits per heavy atom. The highest BCUT2D eigenvalue weighted by atomic mass is 19.1. The summed E-state index contributed by atoms with van der Waals surface area (Å²) in [5.41, 5.74) is -1.64. The van der Waals surface area contributed by atoms with Gasteiger partial charge in [0.1, 0.15) is 11.6 Å². The van der Waals surface area contributed by atoms with Gasteiger partial charge < -0.3 is 15.5 Å². The quantitative estimate of drug-likeness (QED) is 0.770. The van der Waals surface area contributed by atoms with Crippen LogP contribution < -0.4 is 5.32 Å². The normalized spacial score (nSPS) is 14.5. The zero-order valence-corrected chi connectivity index (χ0v) is 11.7. The predicted octanol–water partition coefficient (Wildman–Crippen LogP) is 2.14. The molecule has 0 radical (unpaired) electrons. The van der Waals surface area contributed by atoms with E-state index in [2.05, 4.69) is 5.32 Å². The van der Waals surface area contributed by atoms with Crippen molar-refractivity contribution in [3.8, 4) is 0 Å². The standard InChI is InChI=1S/C14H21F2NO2/c1-13(2,14(3,4)19)17-8-12(18)10-6-5-9(15)7-11(10)16/h5-7,12,17-19H,8H2,1-4H3. The van der Waals surface area contributed by atoms with Crippen molar-refractivity contribution >= 4 is 0 Å². The Hall–Kier alpha value is -1.04. The Balaban J connectivity index is 2.73. The second-order valence-electron chi connectivity index (χ2n) is 5.75. The molecule has 3 nitrogen and oxygen atoms in total. The number of hydrogen-bond donors (Lipinski definition) is 3. The summed E-state index contributed by atoms with van der Waals surface area (Å²) in [6.45, 7) is 6.90. The Kier molecular flexibility index (Phi) is 4.66. The van der Waals surface area contributed by atoms with Crippen LogP contribution >= 0.6 is 0 Å². The zero-order valence-electron chi connectivity index (χ0n) is 11.7. The van der Waals surface area contributed by atoms with E-state index in [0.717, 1.165) is 12.1 Å². The molecule has 0 saturated carbocycles. The van der Waals surface area contributed by atoms with Crippen LogP contribution in [0.2, 0.25) is 0 Å². The third-order valence-electron chi connectivity index (χ3n) is 3.59. The van der Waals surface area contributed by atoms with Gasteiger partial charge in [0, 0.05) is 23.7 Å². The van der Waals surface area contributed by atoms with Crippen molar-refractivity contribution < 1.29 is 19.0 Å². The monoisotopic (exact) mass is 273 g/mol. The number of hydrogen-bond acceptors (Lipinski definition) is 3. The zero-order chi connectivity index (χ0) is 14.8. The highest BCUT2D eigenvalue weighted by molar-refractivity contribution is 5.21. The molecular formula is C14H21F2NO2. The minimum Gasteiger partial charge on any atom is -0.389 e. The van der Waals surface area contributed by atoms with E-state index >= 15 is 0 Å². The third kappa shape index (κ3) is 3.96. The smallest absolute Gasteiger partial charge is 0.131 e. The summed E-state index contributed by atoms with van der Waals surface area (Å²) in [7, 11) is 0. The first-order chi connectivity index (χ1) is 8.54. The Morgan fingerprint density at radius 3 is 2.26 bits per heavy atom. The maximum atomic E-state index is 13.5. The van der Waals surface area contributed by atoms with Crippen LogP contribution in [-0.2, 0) is 0 Å². The van der Waals surface area contributed by atoms with E-state index < -0.39 is 28.9 Å². The summed E-state index contributed by atoms with van der Waals surface area (Å²) in [5.74, 6) is -1.46.